The Balaban J connectivity index is 2.25. The molecule has 5 nitrogen and oxygen atoms in total. The van der Waals surface area contributed by atoms with E-state index in [1.54, 1.807) is 30.3 Å². The van der Waals surface area contributed by atoms with Crippen molar-refractivity contribution in [1.82, 2.24) is 8.96 Å². The standard InChI is InChI=1S/C19H22N2O3S/c1-5-24-17-11-10-14(19(2,3)4)12-18(17)25(22,23)21-13-20-15-8-6-7-9-16(15)21/h6-13H,5H2,1-4H3. The van der Waals surface area contributed by atoms with Crippen molar-refractivity contribution >= 4 is 21.1 Å². The van der Waals surface area contributed by atoms with E-state index >= 15 is 0 Å². The summed E-state index contributed by atoms with van der Waals surface area (Å²) < 4.78 is 33.5. The van der Waals surface area contributed by atoms with E-state index in [1.807, 2.05) is 39.8 Å². The summed E-state index contributed by atoms with van der Waals surface area (Å²) in [6.45, 7) is 8.37. The second-order valence-corrected chi connectivity index (χ2v) is 8.66. The van der Waals surface area contributed by atoms with Crippen LogP contribution in [0.25, 0.3) is 11.0 Å². The Kier molecular flexibility index (Phi) is 4.33. The number of nitrogens with zero attached hydrogens (tertiary/aromatic N) is 2. The summed E-state index contributed by atoms with van der Waals surface area (Å²) in [5, 5.41) is 0. The van der Waals surface area contributed by atoms with Gasteiger partial charge in [-0.25, -0.2) is 17.4 Å². The molecule has 0 atom stereocenters. The fourth-order valence-electron chi connectivity index (χ4n) is 2.68. The van der Waals surface area contributed by atoms with E-state index < -0.39 is 10.0 Å². The van der Waals surface area contributed by atoms with E-state index in [0.29, 0.717) is 23.4 Å². The van der Waals surface area contributed by atoms with Crippen molar-refractivity contribution in [3.05, 3.63) is 54.4 Å². The third kappa shape index (κ3) is 3.14. The van der Waals surface area contributed by atoms with Gasteiger partial charge in [-0.15, -0.1) is 0 Å². The van der Waals surface area contributed by atoms with Gasteiger partial charge in [0, 0.05) is 0 Å². The Bertz CT molecular complexity index is 1010. The van der Waals surface area contributed by atoms with Crippen LogP contribution in [-0.2, 0) is 15.4 Å². The van der Waals surface area contributed by atoms with Crippen molar-refractivity contribution in [2.45, 2.75) is 38.0 Å². The molecule has 0 N–H and O–H groups in total. The quantitative estimate of drug-likeness (QED) is 0.708. The highest BCUT2D eigenvalue weighted by molar-refractivity contribution is 7.90. The third-order valence-electron chi connectivity index (χ3n) is 4.07. The molecular formula is C19H22N2O3S. The van der Waals surface area contributed by atoms with E-state index in [4.69, 9.17) is 4.74 Å². The predicted molar refractivity (Wildman–Crippen MR) is 98.6 cm³/mol. The molecular weight excluding hydrogens is 336 g/mol. The van der Waals surface area contributed by atoms with Crippen molar-refractivity contribution in [2.24, 2.45) is 0 Å². The topological polar surface area (TPSA) is 61.2 Å². The van der Waals surface area contributed by atoms with Crippen molar-refractivity contribution in [3.8, 4) is 5.75 Å². The number of para-hydroxylation sites is 2. The van der Waals surface area contributed by atoms with Crippen molar-refractivity contribution in [3.63, 3.8) is 0 Å². The first-order valence-electron chi connectivity index (χ1n) is 8.20. The lowest BCUT2D eigenvalue weighted by molar-refractivity contribution is 0.330. The van der Waals surface area contributed by atoms with Crippen LogP contribution in [0.3, 0.4) is 0 Å². The number of ether oxygens (including phenoxy) is 1. The maximum Gasteiger partial charge on any atom is 0.273 e. The summed E-state index contributed by atoms with van der Waals surface area (Å²) in [5.74, 6) is 0.355. The van der Waals surface area contributed by atoms with E-state index in [9.17, 15) is 8.42 Å². The van der Waals surface area contributed by atoms with E-state index in [-0.39, 0.29) is 10.3 Å². The maximum atomic E-state index is 13.3. The van der Waals surface area contributed by atoms with Gasteiger partial charge in [-0.05, 0) is 42.2 Å². The Morgan fingerprint density at radius 1 is 1.12 bits per heavy atom. The summed E-state index contributed by atoms with van der Waals surface area (Å²) in [4.78, 5) is 4.36. The first kappa shape index (κ1) is 17.5. The highest BCUT2D eigenvalue weighted by atomic mass is 32.2. The molecule has 0 saturated carbocycles. The fraction of sp³-hybridized carbons (Fsp3) is 0.316. The van der Waals surface area contributed by atoms with Gasteiger partial charge in [0.05, 0.1) is 17.6 Å². The average Bonchev–Trinajstić information content (AvgIpc) is 2.99. The van der Waals surface area contributed by atoms with Crippen molar-refractivity contribution < 1.29 is 13.2 Å². The molecule has 0 unspecified atom stereocenters. The highest BCUT2D eigenvalue weighted by Crippen LogP contribution is 2.33. The Morgan fingerprint density at radius 3 is 2.52 bits per heavy atom. The number of hydrogen-bond acceptors (Lipinski definition) is 4. The van der Waals surface area contributed by atoms with Crippen LogP contribution < -0.4 is 4.74 Å². The summed E-state index contributed by atoms with van der Waals surface area (Å²) in [5.41, 5.74) is 1.94. The lowest BCUT2D eigenvalue weighted by Gasteiger charge is -2.21. The molecule has 0 radical (unpaired) electrons. The van der Waals surface area contributed by atoms with Gasteiger partial charge in [0.2, 0.25) is 0 Å². The average molecular weight is 358 g/mol. The van der Waals surface area contributed by atoms with Crippen LogP contribution in [-0.4, -0.2) is 24.0 Å². The molecule has 3 rings (SSSR count). The monoisotopic (exact) mass is 358 g/mol. The minimum Gasteiger partial charge on any atom is -0.492 e. The number of aromatic nitrogens is 2. The SMILES string of the molecule is CCOc1ccc(C(C)(C)C)cc1S(=O)(=O)n1cnc2ccccc21. The highest BCUT2D eigenvalue weighted by Gasteiger charge is 2.26. The third-order valence-corrected chi connectivity index (χ3v) is 5.75. The van der Waals surface area contributed by atoms with E-state index in [0.717, 1.165) is 5.56 Å². The fourth-order valence-corrected chi connectivity index (χ4v) is 4.14. The zero-order valence-electron chi connectivity index (χ0n) is 14.9. The molecule has 1 aromatic heterocycles. The minimum absolute atomic E-state index is 0.157. The Hall–Kier alpha value is -2.34. The largest absolute Gasteiger partial charge is 0.492 e. The van der Waals surface area contributed by atoms with Crippen LogP contribution in [0.15, 0.2) is 53.7 Å². The first-order valence-corrected chi connectivity index (χ1v) is 9.64. The molecule has 0 saturated heterocycles. The van der Waals surface area contributed by atoms with E-state index in [1.165, 1.54) is 10.3 Å². The van der Waals surface area contributed by atoms with Gasteiger partial charge in [0.1, 0.15) is 17.0 Å². The Labute approximate surface area is 148 Å². The van der Waals surface area contributed by atoms with Gasteiger partial charge >= 0.3 is 0 Å². The van der Waals surface area contributed by atoms with Gasteiger partial charge in [-0.1, -0.05) is 39.0 Å². The molecule has 0 aliphatic heterocycles. The minimum atomic E-state index is -3.83. The van der Waals surface area contributed by atoms with Crippen molar-refractivity contribution in [1.29, 1.82) is 0 Å². The molecule has 2 aromatic carbocycles. The second-order valence-electron chi connectivity index (χ2n) is 6.88. The number of imidazole rings is 1. The Morgan fingerprint density at radius 2 is 1.84 bits per heavy atom. The molecule has 3 aromatic rings. The van der Waals surface area contributed by atoms with Crippen LogP contribution in [0.1, 0.15) is 33.3 Å². The van der Waals surface area contributed by atoms with Crippen LogP contribution in [0, 0.1) is 0 Å². The van der Waals surface area contributed by atoms with E-state index in [2.05, 4.69) is 4.98 Å². The lowest BCUT2D eigenvalue weighted by Crippen LogP contribution is -2.17. The first-order chi connectivity index (χ1) is 11.7. The van der Waals surface area contributed by atoms with Crippen LogP contribution in [0.4, 0.5) is 0 Å². The normalized spacial score (nSPS) is 12.5. The maximum absolute atomic E-state index is 13.3. The zero-order valence-corrected chi connectivity index (χ0v) is 15.7. The summed E-state index contributed by atoms with van der Waals surface area (Å²) in [6, 6.07) is 12.5. The summed E-state index contributed by atoms with van der Waals surface area (Å²) in [7, 11) is -3.83. The summed E-state index contributed by atoms with van der Waals surface area (Å²) in [6.07, 6.45) is 1.35. The smallest absolute Gasteiger partial charge is 0.273 e. The molecule has 6 heteroatoms. The van der Waals surface area contributed by atoms with Crippen LogP contribution in [0.2, 0.25) is 0 Å². The molecule has 0 aliphatic carbocycles. The van der Waals surface area contributed by atoms with Gasteiger partial charge in [0.25, 0.3) is 10.0 Å². The van der Waals surface area contributed by atoms with Gasteiger partial charge < -0.3 is 4.74 Å². The molecule has 132 valence electrons. The van der Waals surface area contributed by atoms with Gasteiger partial charge in [0.15, 0.2) is 0 Å². The molecule has 0 aliphatic rings. The molecule has 1 heterocycles. The van der Waals surface area contributed by atoms with Crippen molar-refractivity contribution in [2.75, 3.05) is 6.61 Å². The van der Waals surface area contributed by atoms with Gasteiger partial charge in [-0.2, -0.15) is 0 Å². The molecule has 25 heavy (non-hydrogen) atoms. The van der Waals surface area contributed by atoms with Gasteiger partial charge in [-0.3, -0.25) is 0 Å². The predicted octanol–water partition coefficient (Wildman–Crippen LogP) is 3.97. The number of hydrogen-bond donors (Lipinski definition) is 0. The lowest BCUT2D eigenvalue weighted by atomic mass is 9.87. The molecule has 0 fully saturated rings. The number of rotatable bonds is 4. The van der Waals surface area contributed by atoms with Crippen LogP contribution >= 0.6 is 0 Å². The molecule has 0 spiro atoms. The molecule has 0 bridgehead atoms. The van der Waals surface area contributed by atoms with Crippen LogP contribution in [0.5, 0.6) is 5.75 Å². The number of fused-ring (bicyclic) bond motifs is 1. The number of benzene rings is 2. The second kappa shape index (κ2) is 6.19. The molecule has 0 amide bonds. The zero-order chi connectivity index (χ0) is 18.2. The summed E-state index contributed by atoms with van der Waals surface area (Å²) >= 11 is 0.